The number of primary amides is 1. The summed E-state index contributed by atoms with van der Waals surface area (Å²) >= 11 is 1.58. The number of thiazole rings is 1. The molecule has 5 aliphatic rings. The van der Waals surface area contributed by atoms with Gasteiger partial charge in [-0.25, -0.2) is 9.78 Å². The first kappa shape index (κ1) is 21.8. The Bertz CT molecular complexity index is 1190. The summed E-state index contributed by atoms with van der Waals surface area (Å²) in [5.74, 6) is 1.05. The topological polar surface area (TPSA) is 108 Å². The average molecular weight is 483 g/mol. The van der Waals surface area contributed by atoms with Gasteiger partial charge in [0.2, 0.25) is 5.91 Å². The van der Waals surface area contributed by atoms with E-state index >= 15 is 0 Å². The first-order valence-electron chi connectivity index (χ1n) is 12.2. The molecule has 1 saturated heterocycles. The van der Waals surface area contributed by atoms with Crippen LogP contribution < -0.4 is 11.3 Å². The lowest BCUT2D eigenvalue weighted by atomic mass is 9.48. The van der Waals surface area contributed by atoms with Crippen molar-refractivity contribution in [3.05, 3.63) is 39.1 Å². The van der Waals surface area contributed by atoms with E-state index in [1.165, 1.54) is 4.57 Å². The molecule has 1 aliphatic heterocycles. The molecule has 4 aliphatic carbocycles. The summed E-state index contributed by atoms with van der Waals surface area (Å²) in [6, 6.07) is 3.50. The van der Waals surface area contributed by atoms with Gasteiger partial charge in [0.15, 0.2) is 0 Å². The monoisotopic (exact) mass is 482 g/mol. The maximum atomic E-state index is 13.1. The first-order chi connectivity index (χ1) is 16.3. The highest BCUT2D eigenvalue weighted by molar-refractivity contribution is 7.10. The van der Waals surface area contributed by atoms with Gasteiger partial charge in [-0.3, -0.25) is 9.59 Å². The fourth-order valence-electron chi connectivity index (χ4n) is 7.11. The quantitative estimate of drug-likeness (QED) is 0.721. The molecular weight excluding hydrogens is 452 g/mol. The molecule has 4 saturated carbocycles. The number of ether oxygens (including phenoxy) is 1. The lowest BCUT2D eigenvalue weighted by Crippen LogP contribution is -2.59. The maximum absolute atomic E-state index is 13.1. The zero-order valence-electron chi connectivity index (χ0n) is 19.3. The smallest absolute Gasteiger partial charge is 0.410 e. The molecule has 0 aromatic carbocycles. The molecule has 4 bridgehead atoms. The molecule has 2 N–H and O–H groups in total. The number of likely N-dealkylation sites (tertiary alicyclic amines) is 1. The van der Waals surface area contributed by atoms with Crippen molar-refractivity contribution in [3.8, 4) is 11.3 Å². The molecule has 3 unspecified atom stereocenters. The van der Waals surface area contributed by atoms with Crippen LogP contribution in [0.3, 0.4) is 0 Å². The van der Waals surface area contributed by atoms with Crippen molar-refractivity contribution in [1.82, 2.24) is 14.5 Å². The molecule has 0 radical (unpaired) electrons. The SMILES string of the molecule is Cn1ccc(-c2csc(C3CCN(C(=O)OC4C5CC6CC4CC(C(N)=O)(C6)C5)C3)n2)cc1=O. The fourth-order valence-corrected chi connectivity index (χ4v) is 8.06. The van der Waals surface area contributed by atoms with Crippen LogP contribution in [0.25, 0.3) is 11.3 Å². The third-order valence-corrected chi connectivity index (χ3v) is 9.67. The Labute approximate surface area is 202 Å². The van der Waals surface area contributed by atoms with Crippen molar-refractivity contribution < 1.29 is 14.3 Å². The Hall–Kier alpha value is -2.68. The molecule has 3 atom stereocenters. The van der Waals surface area contributed by atoms with Gasteiger partial charge in [0.1, 0.15) is 6.10 Å². The van der Waals surface area contributed by atoms with E-state index in [-0.39, 0.29) is 46.8 Å². The average Bonchev–Trinajstić information content (AvgIpc) is 3.47. The molecule has 2 amide bonds. The van der Waals surface area contributed by atoms with Crippen LogP contribution in [0.5, 0.6) is 0 Å². The number of aryl methyl sites for hydroxylation is 1. The third kappa shape index (κ3) is 3.56. The second-order valence-corrected chi connectivity index (χ2v) is 11.7. The summed E-state index contributed by atoms with van der Waals surface area (Å²) in [4.78, 5) is 43.8. The van der Waals surface area contributed by atoms with Gasteiger partial charge < -0.3 is 19.9 Å². The highest BCUT2D eigenvalue weighted by Gasteiger charge is 2.59. The summed E-state index contributed by atoms with van der Waals surface area (Å²) in [5, 5.41) is 2.97. The maximum Gasteiger partial charge on any atom is 0.410 e. The van der Waals surface area contributed by atoms with E-state index in [9.17, 15) is 14.4 Å². The van der Waals surface area contributed by atoms with Crippen molar-refractivity contribution in [1.29, 1.82) is 0 Å². The lowest BCUT2D eigenvalue weighted by Gasteiger charge is -2.58. The van der Waals surface area contributed by atoms with E-state index in [2.05, 4.69) is 0 Å². The molecule has 2 aromatic heterocycles. The van der Waals surface area contributed by atoms with E-state index < -0.39 is 0 Å². The Balaban J connectivity index is 1.10. The minimum atomic E-state index is -0.371. The number of pyridine rings is 1. The van der Waals surface area contributed by atoms with Crippen LogP contribution >= 0.6 is 11.3 Å². The Morgan fingerprint density at radius 1 is 1.24 bits per heavy atom. The van der Waals surface area contributed by atoms with Crippen molar-refractivity contribution >= 4 is 23.3 Å². The number of carbonyl (C=O) groups is 2. The predicted octanol–water partition coefficient (Wildman–Crippen LogP) is 3.11. The molecule has 8 nitrogen and oxygen atoms in total. The van der Waals surface area contributed by atoms with Crippen molar-refractivity contribution in [2.75, 3.05) is 13.1 Å². The van der Waals surface area contributed by atoms with Crippen LogP contribution in [0, 0.1) is 23.2 Å². The molecule has 3 heterocycles. The number of aromatic nitrogens is 2. The van der Waals surface area contributed by atoms with Crippen molar-refractivity contribution in [2.45, 2.75) is 50.5 Å². The molecule has 9 heteroatoms. The van der Waals surface area contributed by atoms with Crippen molar-refractivity contribution in [2.24, 2.45) is 36.0 Å². The minimum Gasteiger partial charge on any atom is -0.446 e. The summed E-state index contributed by atoms with van der Waals surface area (Å²) < 4.78 is 7.64. The van der Waals surface area contributed by atoms with Gasteiger partial charge in [0, 0.05) is 49.3 Å². The number of nitrogens with two attached hydrogens (primary N) is 1. The Kier molecular flexibility index (Phi) is 5.09. The fraction of sp³-hybridized carbons (Fsp3) is 0.600. The Morgan fingerprint density at radius 2 is 2.00 bits per heavy atom. The molecular formula is C25H30N4O4S. The molecule has 180 valence electrons. The van der Waals surface area contributed by atoms with Crippen LogP contribution in [0.1, 0.15) is 49.5 Å². The molecule has 7 rings (SSSR count). The summed E-state index contributed by atoms with van der Waals surface area (Å²) in [7, 11) is 1.73. The van der Waals surface area contributed by atoms with E-state index in [1.54, 1.807) is 35.5 Å². The van der Waals surface area contributed by atoms with Gasteiger partial charge in [-0.05, 0) is 62.3 Å². The van der Waals surface area contributed by atoms with Crippen LogP contribution in [0.15, 0.2) is 28.5 Å². The van der Waals surface area contributed by atoms with Crippen LogP contribution in [0.2, 0.25) is 0 Å². The van der Waals surface area contributed by atoms with Gasteiger partial charge in [-0.2, -0.15) is 0 Å². The first-order valence-corrected chi connectivity index (χ1v) is 13.1. The number of carbonyl (C=O) groups excluding carboxylic acids is 2. The number of hydrogen-bond donors (Lipinski definition) is 1. The van der Waals surface area contributed by atoms with Crippen LogP contribution in [-0.2, 0) is 16.6 Å². The molecule has 34 heavy (non-hydrogen) atoms. The number of nitrogens with zero attached hydrogens (tertiary/aromatic N) is 3. The standard InChI is InChI=1S/C25H30N4O4S/c1-28-4-2-15(8-20(28)30)19-13-34-22(27-19)16-3-5-29(12-16)24(32)33-21-17-6-14-7-18(21)11-25(9-14,10-17)23(26)31/h2,4,8,13-14,16-18,21H,3,5-7,9-12H2,1H3,(H2,26,31). The molecule has 2 aromatic rings. The second kappa shape index (κ2) is 7.93. The number of hydrogen-bond acceptors (Lipinski definition) is 6. The van der Waals surface area contributed by atoms with Crippen LogP contribution in [0.4, 0.5) is 4.79 Å². The summed E-state index contributed by atoms with van der Waals surface area (Å²) in [6.07, 6.45) is 6.78. The second-order valence-electron chi connectivity index (χ2n) is 10.8. The zero-order valence-corrected chi connectivity index (χ0v) is 20.1. The predicted molar refractivity (Wildman–Crippen MR) is 127 cm³/mol. The summed E-state index contributed by atoms with van der Waals surface area (Å²) in [6.45, 7) is 1.25. The highest BCUT2D eigenvalue weighted by Crippen LogP contribution is 2.60. The van der Waals surface area contributed by atoms with E-state index in [1.807, 2.05) is 11.4 Å². The molecule has 0 spiro atoms. The number of amides is 2. The van der Waals surface area contributed by atoms with E-state index in [0.717, 1.165) is 54.8 Å². The Morgan fingerprint density at radius 3 is 2.71 bits per heavy atom. The van der Waals surface area contributed by atoms with E-state index in [4.69, 9.17) is 15.5 Å². The van der Waals surface area contributed by atoms with E-state index in [0.29, 0.717) is 19.0 Å². The third-order valence-electron chi connectivity index (χ3n) is 8.66. The van der Waals surface area contributed by atoms with Crippen LogP contribution in [-0.4, -0.2) is 45.6 Å². The van der Waals surface area contributed by atoms with Gasteiger partial charge in [-0.15, -0.1) is 11.3 Å². The van der Waals surface area contributed by atoms with Gasteiger partial charge in [0.05, 0.1) is 16.1 Å². The largest absolute Gasteiger partial charge is 0.446 e. The normalized spacial score (nSPS) is 33.9. The highest BCUT2D eigenvalue weighted by atomic mass is 32.1. The minimum absolute atomic E-state index is 0.0617. The lowest BCUT2D eigenvalue weighted by molar-refractivity contribution is -0.161. The van der Waals surface area contributed by atoms with Gasteiger partial charge in [0.25, 0.3) is 5.56 Å². The molecule has 5 fully saturated rings. The van der Waals surface area contributed by atoms with Crippen molar-refractivity contribution in [3.63, 3.8) is 0 Å². The zero-order chi connectivity index (χ0) is 23.6. The number of rotatable bonds is 4. The van der Waals surface area contributed by atoms with Gasteiger partial charge >= 0.3 is 6.09 Å². The summed E-state index contributed by atoms with van der Waals surface area (Å²) in [5.41, 5.74) is 6.97. The van der Waals surface area contributed by atoms with Gasteiger partial charge in [-0.1, -0.05) is 0 Å².